The van der Waals surface area contributed by atoms with Gasteiger partial charge < -0.3 is 9.13 Å². The molecule has 0 aliphatic carbocycles. The lowest BCUT2D eigenvalue weighted by atomic mass is 9.92. The van der Waals surface area contributed by atoms with Crippen LogP contribution in [0, 0.1) is 0 Å². The fraction of sp³-hybridized carbons (Fsp3) is 0. The van der Waals surface area contributed by atoms with Gasteiger partial charge in [-0.25, -0.2) is 0 Å². The molecule has 0 amide bonds. The van der Waals surface area contributed by atoms with E-state index in [2.05, 4.69) is 325 Å². The van der Waals surface area contributed by atoms with Gasteiger partial charge in [0.25, 0.3) is 0 Å². The van der Waals surface area contributed by atoms with Crippen molar-refractivity contribution >= 4 is 43.6 Å². The molecule has 0 bridgehead atoms. The number of rotatable bonds is 10. The van der Waals surface area contributed by atoms with E-state index in [0.717, 1.165) is 11.4 Å². The number of para-hydroxylation sites is 2. The minimum atomic E-state index is 1.14. The quantitative estimate of drug-likeness (QED) is 0.129. The second kappa shape index (κ2) is 19.8. The van der Waals surface area contributed by atoms with Crippen molar-refractivity contribution in [3.8, 4) is 100 Å². The van der Waals surface area contributed by atoms with Crippen molar-refractivity contribution in [3.05, 3.63) is 315 Å². The third-order valence-corrected chi connectivity index (χ3v) is 16.1. The van der Waals surface area contributed by atoms with Crippen LogP contribution in [0.3, 0.4) is 0 Å². The van der Waals surface area contributed by atoms with Gasteiger partial charge in [0.2, 0.25) is 0 Å². The van der Waals surface area contributed by atoms with E-state index in [1.165, 1.54) is 133 Å². The minimum absolute atomic E-state index is 1.14. The molecular formula is C78H52N2. The van der Waals surface area contributed by atoms with Crippen LogP contribution in [0.15, 0.2) is 315 Å². The summed E-state index contributed by atoms with van der Waals surface area (Å²) in [7, 11) is 0. The van der Waals surface area contributed by atoms with Gasteiger partial charge in [0, 0.05) is 32.9 Å². The van der Waals surface area contributed by atoms with Crippen molar-refractivity contribution < 1.29 is 0 Å². The number of hydrogen-bond donors (Lipinski definition) is 0. The molecule has 2 aromatic heterocycles. The van der Waals surface area contributed by atoms with Crippen LogP contribution in [0.5, 0.6) is 0 Å². The van der Waals surface area contributed by atoms with Crippen molar-refractivity contribution in [3.63, 3.8) is 0 Å². The molecule has 15 rings (SSSR count). The Bertz CT molecular complexity index is 4790. The summed E-state index contributed by atoms with van der Waals surface area (Å²) in [5, 5.41) is 4.96. The predicted molar refractivity (Wildman–Crippen MR) is 339 cm³/mol. The van der Waals surface area contributed by atoms with Gasteiger partial charge >= 0.3 is 0 Å². The highest BCUT2D eigenvalue weighted by molar-refractivity contribution is 6.13. The third-order valence-electron chi connectivity index (χ3n) is 16.1. The molecule has 0 fully saturated rings. The van der Waals surface area contributed by atoms with E-state index in [1.54, 1.807) is 0 Å². The van der Waals surface area contributed by atoms with Crippen molar-refractivity contribution in [1.29, 1.82) is 0 Å². The fourth-order valence-corrected chi connectivity index (χ4v) is 12.2. The Balaban J connectivity index is 0.699. The first-order chi connectivity index (χ1) is 39.6. The van der Waals surface area contributed by atoms with E-state index in [0.29, 0.717) is 0 Å². The average molecular weight is 1020 g/mol. The zero-order valence-electron chi connectivity index (χ0n) is 43.9. The molecule has 0 N–H and O–H groups in total. The largest absolute Gasteiger partial charge is 0.309 e. The number of hydrogen-bond acceptors (Lipinski definition) is 0. The number of nitrogens with zero attached hydrogens (tertiary/aromatic N) is 2. The highest BCUT2D eigenvalue weighted by atomic mass is 15.0. The van der Waals surface area contributed by atoms with Gasteiger partial charge in [-0.3, -0.25) is 0 Å². The zero-order chi connectivity index (χ0) is 52.9. The van der Waals surface area contributed by atoms with Gasteiger partial charge in [-0.05, 0) is 162 Å². The summed E-state index contributed by atoms with van der Waals surface area (Å²) in [6.07, 6.45) is 0. The Hall–Kier alpha value is -10.5. The van der Waals surface area contributed by atoms with E-state index >= 15 is 0 Å². The molecule has 0 aliphatic heterocycles. The van der Waals surface area contributed by atoms with Crippen LogP contribution in [0.1, 0.15) is 0 Å². The minimum Gasteiger partial charge on any atom is -0.309 e. The molecule has 0 unspecified atom stereocenters. The summed E-state index contributed by atoms with van der Waals surface area (Å²) in [4.78, 5) is 0. The smallest absolute Gasteiger partial charge is 0.0541 e. The molecule has 13 aromatic carbocycles. The topological polar surface area (TPSA) is 9.86 Å². The summed E-state index contributed by atoms with van der Waals surface area (Å²) >= 11 is 0. The van der Waals surface area contributed by atoms with Crippen LogP contribution in [0.2, 0.25) is 0 Å². The van der Waals surface area contributed by atoms with Gasteiger partial charge in [0.05, 0.1) is 22.1 Å². The van der Waals surface area contributed by atoms with Crippen LogP contribution in [-0.4, -0.2) is 9.13 Å². The van der Waals surface area contributed by atoms with Gasteiger partial charge in [0.1, 0.15) is 0 Å². The molecule has 374 valence electrons. The first kappa shape index (κ1) is 46.7. The number of fused-ring (bicyclic) bond motifs is 6. The van der Waals surface area contributed by atoms with Crippen LogP contribution in [0.4, 0.5) is 0 Å². The van der Waals surface area contributed by atoms with Crippen LogP contribution in [-0.2, 0) is 0 Å². The maximum Gasteiger partial charge on any atom is 0.0541 e. The summed E-state index contributed by atoms with van der Waals surface area (Å²) in [6.45, 7) is 0. The van der Waals surface area contributed by atoms with E-state index in [4.69, 9.17) is 0 Å². The molecule has 0 saturated carbocycles. The molecule has 0 radical (unpaired) electrons. The summed E-state index contributed by atoms with van der Waals surface area (Å²) in [5.74, 6) is 0. The van der Waals surface area contributed by atoms with Crippen molar-refractivity contribution in [2.45, 2.75) is 0 Å². The SMILES string of the molecule is c1ccc(-c2cccc(-n3c4ccccc4c4cc(-c5ccc6c(c5)c5ccccc5n6-c5cccc(-c6ccc(-c7ccc(-c8cccc(-c9cccc(-c%10ccccc%10-c%10ccccc%10)c9)c8)cc7)cc6)c5)ccc43)c2)cc1. The molecule has 15 aromatic rings. The Morgan fingerprint density at radius 2 is 0.438 bits per heavy atom. The van der Waals surface area contributed by atoms with Crippen molar-refractivity contribution in [2.75, 3.05) is 0 Å². The molecule has 80 heavy (non-hydrogen) atoms. The summed E-state index contributed by atoms with van der Waals surface area (Å²) < 4.78 is 4.83. The Labute approximate surface area is 466 Å². The first-order valence-corrected chi connectivity index (χ1v) is 27.5. The van der Waals surface area contributed by atoms with Gasteiger partial charge in [0.15, 0.2) is 0 Å². The van der Waals surface area contributed by atoms with E-state index < -0.39 is 0 Å². The van der Waals surface area contributed by atoms with Crippen LogP contribution < -0.4 is 0 Å². The van der Waals surface area contributed by atoms with Crippen LogP contribution in [0.25, 0.3) is 144 Å². The summed E-state index contributed by atoms with van der Waals surface area (Å²) in [5.41, 5.74) is 26.3. The van der Waals surface area contributed by atoms with E-state index in [9.17, 15) is 0 Å². The maximum absolute atomic E-state index is 2.42. The molecule has 2 heterocycles. The van der Waals surface area contributed by atoms with Crippen LogP contribution >= 0.6 is 0 Å². The lowest BCUT2D eigenvalue weighted by Crippen LogP contribution is -1.94. The molecular weight excluding hydrogens is 965 g/mol. The first-order valence-electron chi connectivity index (χ1n) is 27.5. The zero-order valence-corrected chi connectivity index (χ0v) is 43.9. The fourth-order valence-electron chi connectivity index (χ4n) is 12.2. The normalized spacial score (nSPS) is 11.5. The number of aromatic nitrogens is 2. The second-order valence-corrected chi connectivity index (χ2v) is 20.9. The molecule has 0 spiro atoms. The van der Waals surface area contributed by atoms with Gasteiger partial charge in [-0.15, -0.1) is 0 Å². The summed E-state index contributed by atoms with van der Waals surface area (Å²) in [6, 6.07) is 115. The van der Waals surface area contributed by atoms with Gasteiger partial charge in [-0.1, -0.05) is 243 Å². The molecule has 0 atom stereocenters. The molecule has 0 saturated heterocycles. The third kappa shape index (κ3) is 8.39. The highest BCUT2D eigenvalue weighted by Crippen LogP contribution is 2.41. The second-order valence-electron chi connectivity index (χ2n) is 20.9. The lowest BCUT2D eigenvalue weighted by Gasteiger charge is -2.12. The maximum atomic E-state index is 2.42. The highest BCUT2D eigenvalue weighted by Gasteiger charge is 2.18. The van der Waals surface area contributed by atoms with Crippen molar-refractivity contribution in [2.24, 2.45) is 0 Å². The molecule has 0 aliphatic rings. The Morgan fingerprint density at radius 3 is 0.925 bits per heavy atom. The monoisotopic (exact) mass is 1020 g/mol. The van der Waals surface area contributed by atoms with Gasteiger partial charge in [-0.2, -0.15) is 0 Å². The average Bonchev–Trinajstić information content (AvgIpc) is 4.26. The predicted octanol–water partition coefficient (Wildman–Crippen LogP) is 21.2. The van der Waals surface area contributed by atoms with E-state index in [1.807, 2.05) is 0 Å². The Kier molecular flexibility index (Phi) is 11.6. The molecule has 2 heteroatoms. The standard InChI is InChI=1S/C78H52N2/c1-3-17-53(18-4-1)62-24-15-27-67(49-62)79-75-33-11-9-31-71(75)73-51-64(43-45-77(73)79)65-44-46-78-74(52-65)72-32-10-12-34-76(72)80(78)68-28-16-25-63(50-68)57-41-37-55(38-42-57)54-35-39-56(40-36-54)59-21-13-22-60(47-59)61-23-14-26-66(48-61)70-30-8-7-29-69(70)58-19-5-2-6-20-58/h1-52H. The van der Waals surface area contributed by atoms with E-state index in [-0.39, 0.29) is 0 Å². The van der Waals surface area contributed by atoms with Crippen molar-refractivity contribution in [1.82, 2.24) is 9.13 Å². The number of benzene rings is 13. The molecule has 2 nitrogen and oxygen atoms in total. The lowest BCUT2D eigenvalue weighted by molar-refractivity contribution is 1.18. The Morgan fingerprint density at radius 1 is 0.150 bits per heavy atom.